The molecule has 0 amide bonds. The van der Waals surface area contributed by atoms with Gasteiger partial charge in [0.2, 0.25) is 0 Å². The van der Waals surface area contributed by atoms with Crippen LogP contribution in [0.5, 0.6) is 0 Å². The van der Waals surface area contributed by atoms with Crippen LogP contribution in [0.15, 0.2) is 12.2 Å². The molecule has 4 atom stereocenters. The molecule has 2 saturated heterocycles. The molecule has 0 aromatic rings. The summed E-state index contributed by atoms with van der Waals surface area (Å²) in [6.07, 6.45) is 3.20. The third kappa shape index (κ3) is 0.536. The van der Waals surface area contributed by atoms with Crippen molar-refractivity contribution < 1.29 is 19.1 Å². The van der Waals surface area contributed by atoms with E-state index >= 15 is 0 Å². The van der Waals surface area contributed by atoms with Crippen molar-refractivity contribution in [2.75, 3.05) is 0 Å². The summed E-state index contributed by atoms with van der Waals surface area (Å²) in [5.41, 5.74) is 0. The van der Waals surface area contributed by atoms with Crippen molar-refractivity contribution >= 4 is 11.9 Å². The summed E-state index contributed by atoms with van der Waals surface area (Å²) in [6, 6.07) is 0. The first-order chi connectivity index (χ1) is 5.77. The predicted octanol–water partition coefficient (Wildman–Crippen LogP) is -0.361. The van der Waals surface area contributed by atoms with E-state index in [0.717, 1.165) is 0 Å². The van der Waals surface area contributed by atoms with Gasteiger partial charge in [0.15, 0.2) is 0 Å². The molecule has 0 aromatic heterocycles. The van der Waals surface area contributed by atoms with Crippen molar-refractivity contribution in [3.63, 3.8) is 0 Å². The number of hydrogen-bond donors (Lipinski definition) is 0. The number of carbonyl (C=O) groups excluding carboxylic acids is 2. The van der Waals surface area contributed by atoms with E-state index < -0.39 is 11.9 Å². The Hall–Kier alpha value is -1.16. The standard InChI is InChI=1S/C8H6O4/c9-7-5-3-1-2-4(11-3)6(5)8(10)12-7/h1-6H/t3?,4?,5-,6+. The summed E-state index contributed by atoms with van der Waals surface area (Å²) < 4.78 is 9.86. The summed E-state index contributed by atoms with van der Waals surface area (Å²) >= 11 is 0. The minimum Gasteiger partial charge on any atom is -0.393 e. The van der Waals surface area contributed by atoms with Crippen LogP contribution in [0, 0.1) is 11.8 Å². The van der Waals surface area contributed by atoms with Crippen LogP contribution in [0.1, 0.15) is 0 Å². The van der Waals surface area contributed by atoms with Crippen molar-refractivity contribution in [2.45, 2.75) is 12.2 Å². The van der Waals surface area contributed by atoms with Gasteiger partial charge in [0, 0.05) is 0 Å². The van der Waals surface area contributed by atoms with Crippen molar-refractivity contribution in [3.05, 3.63) is 12.2 Å². The van der Waals surface area contributed by atoms with E-state index in [4.69, 9.17) is 4.74 Å². The number of cyclic esters (lactones) is 2. The van der Waals surface area contributed by atoms with E-state index in [0.29, 0.717) is 0 Å². The largest absolute Gasteiger partial charge is 0.393 e. The molecule has 3 heterocycles. The SMILES string of the molecule is O=C1OC(=O)[C@H]2C3C=CC(O3)[C@@H]12. The van der Waals surface area contributed by atoms with Gasteiger partial charge in [0.05, 0.1) is 12.2 Å². The summed E-state index contributed by atoms with van der Waals surface area (Å²) in [5.74, 6) is -1.59. The summed E-state index contributed by atoms with van der Waals surface area (Å²) in [5, 5.41) is 0. The fourth-order valence-electron chi connectivity index (χ4n) is 2.11. The van der Waals surface area contributed by atoms with Gasteiger partial charge >= 0.3 is 11.9 Å². The van der Waals surface area contributed by atoms with Gasteiger partial charge in [0.1, 0.15) is 11.8 Å². The second kappa shape index (κ2) is 1.77. The zero-order valence-corrected chi connectivity index (χ0v) is 6.10. The summed E-state index contributed by atoms with van der Waals surface area (Å²) in [4.78, 5) is 22.2. The molecule has 2 unspecified atom stereocenters. The zero-order valence-electron chi connectivity index (χ0n) is 6.10. The average molecular weight is 166 g/mol. The molecule has 0 radical (unpaired) electrons. The first kappa shape index (κ1) is 6.37. The normalized spacial score (nSPS) is 48.3. The minimum absolute atomic E-state index is 0.223. The average Bonchev–Trinajstić information content (AvgIpc) is 2.64. The molecule has 0 aromatic carbocycles. The topological polar surface area (TPSA) is 52.6 Å². The van der Waals surface area contributed by atoms with Crippen LogP contribution in [-0.4, -0.2) is 24.1 Å². The summed E-state index contributed by atoms with van der Waals surface area (Å²) in [7, 11) is 0. The third-order valence-electron chi connectivity index (χ3n) is 2.65. The molecule has 12 heavy (non-hydrogen) atoms. The maximum atomic E-state index is 11.1. The Balaban J connectivity index is 2.08. The van der Waals surface area contributed by atoms with Gasteiger partial charge in [-0.3, -0.25) is 9.59 Å². The number of esters is 2. The highest BCUT2D eigenvalue weighted by molar-refractivity contribution is 5.98. The number of rotatable bonds is 0. The molecule has 0 saturated carbocycles. The van der Waals surface area contributed by atoms with Gasteiger partial charge in [0.25, 0.3) is 0 Å². The van der Waals surface area contributed by atoms with Crippen LogP contribution in [0.2, 0.25) is 0 Å². The molecule has 2 fully saturated rings. The Labute approximate surface area is 68.1 Å². The lowest BCUT2D eigenvalue weighted by molar-refractivity contribution is -0.156. The van der Waals surface area contributed by atoms with E-state index in [1.807, 2.05) is 12.2 Å². The van der Waals surface area contributed by atoms with Crippen LogP contribution in [0.25, 0.3) is 0 Å². The fourth-order valence-corrected chi connectivity index (χ4v) is 2.11. The molecule has 3 rings (SSSR count). The maximum absolute atomic E-state index is 11.1. The quantitative estimate of drug-likeness (QED) is 0.280. The molecular weight excluding hydrogens is 160 g/mol. The van der Waals surface area contributed by atoms with Crippen LogP contribution in [0.3, 0.4) is 0 Å². The smallest absolute Gasteiger partial charge is 0.320 e. The van der Waals surface area contributed by atoms with E-state index in [2.05, 4.69) is 4.74 Å². The van der Waals surface area contributed by atoms with Crippen LogP contribution in [0.4, 0.5) is 0 Å². The molecule has 0 spiro atoms. The van der Waals surface area contributed by atoms with Crippen molar-refractivity contribution in [1.29, 1.82) is 0 Å². The highest BCUT2D eigenvalue weighted by atomic mass is 16.6. The Morgan fingerprint density at radius 3 is 2.00 bits per heavy atom. The van der Waals surface area contributed by atoms with Gasteiger partial charge in [-0.05, 0) is 0 Å². The van der Waals surface area contributed by atoms with Crippen molar-refractivity contribution in [1.82, 2.24) is 0 Å². The molecule has 62 valence electrons. The Morgan fingerprint density at radius 1 is 1.00 bits per heavy atom. The fraction of sp³-hybridized carbons (Fsp3) is 0.500. The second-order valence-corrected chi connectivity index (χ2v) is 3.24. The maximum Gasteiger partial charge on any atom is 0.320 e. The molecule has 4 heteroatoms. The third-order valence-corrected chi connectivity index (χ3v) is 2.65. The highest BCUT2D eigenvalue weighted by Crippen LogP contribution is 2.43. The Bertz CT molecular complexity index is 278. The number of fused-ring (bicyclic) bond motifs is 5. The number of ether oxygens (including phenoxy) is 2. The number of carbonyl (C=O) groups is 2. The van der Waals surface area contributed by atoms with Crippen LogP contribution >= 0.6 is 0 Å². The van der Waals surface area contributed by atoms with E-state index in [1.165, 1.54) is 0 Å². The van der Waals surface area contributed by atoms with Gasteiger partial charge in [-0.15, -0.1) is 0 Å². The molecule has 0 N–H and O–H groups in total. The Morgan fingerprint density at radius 2 is 1.50 bits per heavy atom. The molecule has 4 nitrogen and oxygen atoms in total. The second-order valence-electron chi connectivity index (χ2n) is 3.24. The van der Waals surface area contributed by atoms with Gasteiger partial charge in [-0.1, -0.05) is 12.2 Å². The molecule has 3 aliphatic heterocycles. The van der Waals surface area contributed by atoms with Crippen molar-refractivity contribution in [2.24, 2.45) is 11.8 Å². The van der Waals surface area contributed by atoms with E-state index in [9.17, 15) is 9.59 Å². The first-order valence-corrected chi connectivity index (χ1v) is 3.87. The molecule has 0 aliphatic carbocycles. The van der Waals surface area contributed by atoms with E-state index in [1.54, 1.807) is 0 Å². The van der Waals surface area contributed by atoms with Crippen LogP contribution in [-0.2, 0) is 19.1 Å². The highest BCUT2D eigenvalue weighted by Gasteiger charge is 2.59. The molecular formula is C8H6O4. The summed E-state index contributed by atoms with van der Waals surface area (Å²) in [6.45, 7) is 0. The van der Waals surface area contributed by atoms with Gasteiger partial charge < -0.3 is 9.47 Å². The lowest BCUT2D eigenvalue weighted by atomic mass is 9.85. The predicted molar refractivity (Wildman–Crippen MR) is 35.9 cm³/mol. The lowest BCUT2D eigenvalue weighted by Crippen LogP contribution is -2.26. The minimum atomic E-state index is -0.429. The zero-order chi connectivity index (χ0) is 8.29. The van der Waals surface area contributed by atoms with Crippen LogP contribution < -0.4 is 0 Å². The molecule has 3 aliphatic rings. The first-order valence-electron chi connectivity index (χ1n) is 3.87. The van der Waals surface area contributed by atoms with Crippen molar-refractivity contribution in [3.8, 4) is 0 Å². The number of hydrogen-bond acceptors (Lipinski definition) is 4. The molecule has 2 bridgehead atoms. The van der Waals surface area contributed by atoms with Gasteiger partial charge in [-0.25, -0.2) is 0 Å². The Kier molecular flexibility index (Phi) is 0.939. The van der Waals surface area contributed by atoms with Gasteiger partial charge in [-0.2, -0.15) is 0 Å². The van der Waals surface area contributed by atoms with E-state index in [-0.39, 0.29) is 24.0 Å². The lowest BCUT2D eigenvalue weighted by Gasteiger charge is -2.08. The monoisotopic (exact) mass is 166 g/mol.